The van der Waals surface area contributed by atoms with E-state index in [2.05, 4.69) is 42.0 Å². The summed E-state index contributed by atoms with van der Waals surface area (Å²) in [5.74, 6) is 1.79. The van der Waals surface area contributed by atoms with Crippen molar-refractivity contribution in [3.05, 3.63) is 39.7 Å². The largest absolute Gasteiger partial charge is 0.389 e. The van der Waals surface area contributed by atoms with Crippen molar-refractivity contribution < 1.29 is 9.13 Å². The molecule has 4 aromatic rings. The van der Waals surface area contributed by atoms with Gasteiger partial charge in [-0.3, -0.25) is 0 Å². The molecule has 0 saturated carbocycles. The smallest absolute Gasteiger partial charge is 0.227 e. The number of halogens is 2. The lowest BCUT2D eigenvalue weighted by atomic mass is 9.90. The average molecular weight is 678 g/mol. The summed E-state index contributed by atoms with van der Waals surface area (Å²) in [7, 11) is 0. The summed E-state index contributed by atoms with van der Waals surface area (Å²) in [4.78, 5) is 15.2. The Morgan fingerprint density at radius 2 is 1.79 bits per heavy atom. The van der Waals surface area contributed by atoms with Crippen LogP contribution in [0.3, 0.4) is 0 Å². The number of nitrogen functional groups attached to an aromatic ring is 1. The van der Waals surface area contributed by atoms with Gasteiger partial charge in [0.1, 0.15) is 22.7 Å². The van der Waals surface area contributed by atoms with E-state index in [-0.39, 0.29) is 5.56 Å². The van der Waals surface area contributed by atoms with Gasteiger partial charge in [0.15, 0.2) is 0 Å². The normalized spacial score (nSPS) is 21.4. The van der Waals surface area contributed by atoms with Gasteiger partial charge in [-0.05, 0) is 47.9 Å². The Labute approximate surface area is 286 Å². The number of hydrogen-bond acceptors (Lipinski definition) is 9. The summed E-state index contributed by atoms with van der Waals surface area (Å²) < 4.78 is 21.4. The molecule has 3 saturated heterocycles. The van der Waals surface area contributed by atoms with Gasteiger partial charge in [0.2, 0.25) is 5.95 Å². The van der Waals surface area contributed by atoms with E-state index in [0.29, 0.717) is 68.4 Å². The third-order valence-corrected chi connectivity index (χ3v) is 11.2. The molecule has 2 aromatic heterocycles. The number of aromatic nitrogens is 2. The van der Waals surface area contributed by atoms with Gasteiger partial charge in [-0.25, -0.2) is 9.37 Å². The second-order valence-corrected chi connectivity index (χ2v) is 14.2. The van der Waals surface area contributed by atoms with Gasteiger partial charge < -0.3 is 25.6 Å². The third kappa shape index (κ3) is 5.79. The molecular formula is C36H45ClFN7OS. The maximum atomic E-state index is 15.0. The van der Waals surface area contributed by atoms with Crippen LogP contribution in [0.4, 0.5) is 21.2 Å². The zero-order valence-electron chi connectivity index (χ0n) is 28.1. The molecule has 0 aliphatic carbocycles. The first-order valence-corrected chi connectivity index (χ1v) is 18.3. The summed E-state index contributed by atoms with van der Waals surface area (Å²) in [5, 5.41) is 15.8. The van der Waals surface area contributed by atoms with Crippen molar-refractivity contribution in [3.63, 3.8) is 0 Å². The lowest BCUT2D eigenvalue weighted by Crippen LogP contribution is -2.52. The second kappa shape index (κ2) is 14.1. The first kappa shape index (κ1) is 33.7. The average Bonchev–Trinajstić information content (AvgIpc) is 3.87. The number of nitrogens with one attached hydrogen (secondary N) is 1. The van der Waals surface area contributed by atoms with E-state index >= 15 is 0 Å². The molecule has 4 aliphatic rings. The van der Waals surface area contributed by atoms with Crippen molar-refractivity contribution in [2.24, 2.45) is 5.92 Å². The summed E-state index contributed by atoms with van der Waals surface area (Å²) >= 11 is 8.50. The number of thiophene rings is 1. The fourth-order valence-corrected chi connectivity index (χ4v) is 8.66. The topological polar surface area (TPSA) is 103 Å². The second-order valence-electron chi connectivity index (χ2n) is 12.8. The van der Waals surface area contributed by atoms with Crippen LogP contribution in [0, 0.1) is 23.1 Å². The van der Waals surface area contributed by atoms with Crippen LogP contribution in [-0.2, 0) is 18.0 Å². The van der Waals surface area contributed by atoms with Gasteiger partial charge in [-0.15, -0.1) is 11.3 Å². The van der Waals surface area contributed by atoms with E-state index in [4.69, 9.17) is 32.0 Å². The maximum absolute atomic E-state index is 15.0. The number of rotatable bonds is 4. The Hall–Kier alpha value is -3.23. The SMILES string of the molecule is CC.CC1CCN(c2nc(N3C4CCC3CNC4)c3c4c(c(-c5ccc(F)c6sc(N)c(C#N)c56)c(Cl)c3n2)COC4)C1.CCCC. The number of unbranched alkanes of at least 4 members (excludes halogenated alkanes) is 1. The van der Waals surface area contributed by atoms with Crippen molar-refractivity contribution >= 4 is 60.7 Å². The van der Waals surface area contributed by atoms with Gasteiger partial charge in [0, 0.05) is 49.2 Å². The number of piperazine rings is 1. The molecule has 4 aliphatic heterocycles. The summed E-state index contributed by atoms with van der Waals surface area (Å²) in [5.41, 5.74) is 10.5. The lowest BCUT2D eigenvalue weighted by molar-refractivity contribution is 0.135. The van der Waals surface area contributed by atoms with Crippen LogP contribution in [0.5, 0.6) is 0 Å². The maximum Gasteiger partial charge on any atom is 0.227 e. The lowest BCUT2D eigenvalue weighted by Gasteiger charge is -2.37. The number of benzene rings is 2. The highest BCUT2D eigenvalue weighted by Gasteiger charge is 2.40. The molecule has 47 heavy (non-hydrogen) atoms. The van der Waals surface area contributed by atoms with E-state index in [0.717, 1.165) is 84.7 Å². The molecule has 250 valence electrons. The first-order chi connectivity index (χ1) is 22.9. The monoisotopic (exact) mass is 677 g/mol. The predicted molar refractivity (Wildman–Crippen MR) is 193 cm³/mol. The van der Waals surface area contributed by atoms with Crippen LogP contribution in [0.1, 0.15) is 83.4 Å². The molecule has 3 unspecified atom stereocenters. The van der Waals surface area contributed by atoms with Crippen LogP contribution in [-0.4, -0.2) is 48.2 Å². The standard InChI is InChI=1S/C30H29ClFN7OS.C4H10.C2H6/c1-14-6-7-38(11-14)30-36-26-24(29(37-30)39-15-2-3-16(39)10-35-9-15)20-13-40-12-19(20)22(25(26)31)17-4-5-21(32)27-23(17)18(8-33)28(34)41-27;1-3-4-2;1-2/h4-5,14-16,35H,2-3,6-7,9-13,34H2,1H3;3-4H2,1-2H3;1-2H3. The van der Waals surface area contributed by atoms with Crippen LogP contribution < -0.4 is 20.9 Å². The highest BCUT2D eigenvalue weighted by Crippen LogP contribution is 2.50. The van der Waals surface area contributed by atoms with Gasteiger partial charge in [0.05, 0.1) is 39.4 Å². The molecule has 3 atom stereocenters. The third-order valence-electron chi connectivity index (χ3n) is 9.80. The number of hydrogen-bond donors (Lipinski definition) is 2. The van der Waals surface area contributed by atoms with E-state index < -0.39 is 5.82 Å². The van der Waals surface area contributed by atoms with Gasteiger partial charge in [0.25, 0.3) is 0 Å². The van der Waals surface area contributed by atoms with Crippen LogP contribution in [0.15, 0.2) is 12.1 Å². The fourth-order valence-electron chi connectivity index (χ4n) is 7.36. The predicted octanol–water partition coefficient (Wildman–Crippen LogP) is 8.41. The fraction of sp³-hybridized carbons (Fsp3) is 0.528. The molecule has 3 fully saturated rings. The van der Waals surface area contributed by atoms with Crippen LogP contribution >= 0.6 is 22.9 Å². The minimum absolute atomic E-state index is 0.274. The Morgan fingerprint density at radius 1 is 1.09 bits per heavy atom. The number of ether oxygens (including phenoxy) is 1. The first-order valence-electron chi connectivity index (χ1n) is 17.1. The Bertz CT molecular complexity index is 1820. The summed E-state index contributed by atoms with van der Waals surface area (Å²) in [6, 6.07) is 6.05. The van der Waals surface area contributed by atoms with E-state index in [1.54, 1.807) is 6.07 Å². The number of fused-ring (bicyclic) bond motifs is 6. The number of anilines is 3. The number of nitriles is 1. The summed E-state index contributed by atoms with van der Waals surface area (Å²) in [6.07, 6.45) is 5.97. The Balaban J connectivity index is 0.000000601. The van der Waals surface area contributed by atoms with Gasteiger partial charge >= 0.3 is 0 Å². The Morgan fingerprint density at radius 3 is 2.43 bits per heavy atom. The van der Waals surface area contributed by atoms with Crippen molar-refractivity contribution in [1.82, 2.24) is 15.3 Å². The van der Waals surface area contributed by atoms with Crippen molar-refractivity contribution in [2.45, 2.75) is 92.0 Å². The molecule has 0 spiro atoms. The highest BCUT2D eigenvalue weighted by molar-refractivity contribution is 7.23. The van der Waals surface area contributed by atoms with E-state index in [1.807, 2.05) is 13.8 Å². The molecule has 0 amide bonds. The molecule has 0 radical (unpaired) electrons. The van der Waals surface area contributed by atoms with E-state index in [9.17, 15) is 9.65 Å². The van der Waals surface area contributed by atoms with Crippen molar-refractivity contribution in [3.8, 4) is 17.2 Å². The van der Waals surface area contributed by atoms with Crippen LogP contribution in [0.2, 0.25) is 5.02 Å². The van der Waals surface area contributed by atoms with Gasteiger partial charge in [-0.2, -0.15) is 10.2 Å². The molecule has 2 aromatic carbocycles. The molecule has 8 rings (SSSR count). The number of nitrogens with two attached hydrogens (primary N) is 1. The molecule has 2 bridgehead atoms. The zero-order valence-corrected chi connectivity index (χ0v) is 29.6. The molecule has 6 heterocycles. The van der Waals surface area contributed by atoms with Crippen LogP contribution in [0.25, 0.3) is 32.1 Å². The van der Waals surface area contributed by atoms with E-state index in [1.165, 1.54) is 18.9 Å². The number of nitrogens with zero attached hydrogens (tertiary/aromatic N) is 5. The minimum atomic E-state index is -0.406. The molecular weight excluding hydrogens is 633 g/mol. The minimum Gasteiger partial charge on any atom is -0.389 e. The van der Waals surface area contributed by atoms with Crippen molar-refractivity contribution in [1.29, 1.82) is 5.26 Å². The quantitative estimate of drug-likeness (QED) is 0.222. The molecule has 8 nitrogen and oxygen atoms in total. The zero-order chi connectivity index (χ0) is 33.4. The molecule has 11 heteroatoms. The Kier molecular flexibility index (Phi) is 10.1. The van der Waals surface area contributed by atoms with Crippen molar-refractivity contribution in [2.75, 3.05) is 41.7 Å². The highest BCUT2D eigenvalue weighted by atomic mass is 35.5. The molecule has 3 N–H and O–H groups in total. The summed E-state index contributed by atoms with van der Waals surface area (Å²) in [6.45, 7) is 15.0. The van der Waals surface area contributed by atoms with Gasteiger partial charge in [-0.1, -0.05) is 65.1 Å².